The van der Waals surface area contributed by atoms with E-state index in [0.29, 0.717) is 5.41 Å². The maximum atomic E-state index is 3.68. The lowest BCUT2D eigenvalue weighted by atomic mass is 9.84. The molecule has 0 fully saturated rings. The number of alkyl halides is 1. The molecule has 1 aromatic carbocycles. The number of hydrogen-bond acceptors (Lipinski definition) is 1. The van der Waals surface area contributed by atoms with Gasteiger partial charge in [0, 0.05) is 24.6 Å². The number of anilines is 1. The molecule has 0 amide bonds. The number of nitrogens with zero attached hydrogens (tertiary/aromatic N) is 1. The lowest BCUT2D eigenvalue weighted by molar-refractivity contribution is 0.316. The zero-order valence-electron chi connectivity index (χ0n) is 11.5. The third-order valence-electron chi connectivity index (χ3n) is 3.83. The van der Waals surface area contributed by atoms with E-state index >= 15 is 0 Å². The molecule has 1 rings (SSSR count). The third kappa shape index (κ3) is 3.74. The molecular weight excluding hydrogens is 274 g/mol. The van der Waals surface area contributed by atoms with Crippen molar-refractivity contribution in [3.63, 3.8) is 0 Å². The summed E-state index contributed by atoms with van der Waals surface area (Å²) in [5.74, 6) is 0. The number of benzene rings is 1. The van der Waals surface area contributed by atoms with Crippen molar-refractivity contribution in [2.45, 2.75) is 33.6 Å². The zero-order chi connectivity index (χ0) is 12.9. The Morgan fingerprint density at radius 1 is 1.12 bits per heavy atom. The molecule has 0 N–H and O–H groups in total. The van der Waals surface area contributed by atoms with Gasteiger partial charge in [0.2, 0.25) is 0 Å². The van der Waals surface area contributed by atoms with Crippen LogP contribution in [0.4, 0.5) is 5.69 Å². The summed E-state index contributed by atoms with van der Waals surface area (Å²) in [6.07, 6.45) is 2.43. The van der Waals surface area contributed by atoms with Gasteiger partial charge in [-0.3, -0.25) is 0 Å². The Balaban J connectivity index is 2.76. The largest absolute Gasteiger partial charge is 0.374 e. The van der Waals surface area contributed by atoms with Gasteiger partial charge in [-0.1, -0.05) is 47.5 Å². The van der Waals surface area contributed by atoms with Gasteiger partial charge in [0.15, 0.2) is 0 Å². The lowest BCUT2D eigenvalue weighted by Gasteiger charge is -2.35. The Labute approximate surface area is 114 Å². The third-order valence-corrected chi connectivity index (χ3v) is 5.02. The van der Waals surface area contributed by atoms with Gasteiger partial charge in [-0.25, -0.2) is 0 Å². The summed E-state index contributed by atoms with van der Waals surface area (Å²) in [5, 5.41) is 1.07. The fraction of sp³-hybridized carbons (Fsp3) is 0.600. The molecule has 0 aliphatic rings. The van der Waals surface area contributed by atoms with Gasteiger partial charge >= 0.3 is 0 Å². The van der Waals surface area contributed by atoms with Crippen molar-refractivity contribution in [1.29, 1.82) is 0 Å². The Morgan fingerprint density at radius 3 is 2.06 bits per heavy atom. The van der Waals surface area contributed by atoms with Crippen molar-refractivity contribution in [2.75, 3.05) is 23.8 Å². The Bertz CT molecular complexity index is 319. The quantitative estimate of drug-likeness (QED) is 0.692. The van der Waals surface area contributed by atoms with Crippen molar-refractivity contribution in [3.8, 4) is 0 Å². The molecule has 0 aliphatic carbocycles. The van der Waals surface area contributed by atoms with E-state index in [1.165, 1.54) is 24.1 Å². The van der Waals surface area contributed by atoms with Crippen LogP contribution in [0.1, 0.15) is 32.3 Å². The molecule has 0 bridgehead atoms. The topological polar surface area (TPSA) is 3.24 Å². The molecular formula is C15H24BrN. The summed E-state index contributed by atoms with van der Waals surface area (Å²) >= 11 is 3.68. The molecule has 0 aromatic heterocycles. The predicted molar refractivity (Wildman–Crippen MR) is 81.3 cm³/mol. The first-order chi connectivity index (χ1) is 8.06. The van der Waals surface area contributed by atoms with Crippen molar-refractivity contribution in [3.05, 3.63) is 29.8 Å². The van der Waals surface area contributed by atoms with E-state index in [0.717, 1.165) is 11.9 Å². The number of halogens is 1. The SMILES string of the molecule is CCC(CC)(CBr)CN(C)c1ccc(C)cc1. The fourth-order valence-corrected chi connectivity index (χ4v) is 3.07. The van der Waals surface area contributed by atoms with Crippen LogP contribution in [-0.2, 0) is 0 Å². The van der Waals surface area contributed by atoms with Crippen LogP contribution in [0.2, 0.25) is 0 Å². The van der Waals surface area contributed by atoms with E-state index in [2.05, 4.69) is 72.9 Å². The maximum absolute atomic E-state index is 3.68. The van der Waals surface area contributed by atoms with Crippen LogP contribution in [0.5, 0.6) is 0 Å². The van der Waals surface area contributed by atoms with Crippen LogP contribution in [0.25, 0.3) is 0 Å². The van der Waals surface area contributed by atoms with Crippen molar-refractivity contribution >= 4 is 21.6 Å². The lowest BCUT2D eigenvalue weighted by Crippen LogP contribution is -2.36. The normalized spacial score (nSPS) is 11.6. The van der Waals surface area contributed by atoms with E-state index in [4.69, 9.17) is 0 Å². The number of rotatable bonds is 6. The van der Waals surface area contributed by atoms with Crippen LogP contribution in [0, 0.1) is 12.3 Å². The molecule has 0 spiro atoms. The van der Waals surface area contributed by atoms with E-state index in [1.54, 1.807) is 0 Å². The second-order valence-corrected chi connectivity index (χ2v) is 5.59. The first-order valence-electron chi connectivity index (χ1n) is 6.40. The van der Waals surface area contributed by atoms with Crippen molar-refractivity contribution < 1.29 is 0 Å². The summed E-state index contributed by atoms with van der Waals surface area (Å²) < 4.78 is 0. The fourth-order valence-electron chi connectivity index (χ4n) is 2.10. The smallest absolute Gasteiger partial charge is 0.0363 e. The van der Waals surface area contributed by atoms with Crippen LogP contribution in [0.15, 0.2) is 24.3 Å². The molecule has 0 aliphatic heterocycles. The van der Waals surface area contributed by atoms with E-state index in [-0.39, 0.29) is 0 Å². The van der Waals surface area contributed by atoms with Gasteiger partial charge in [-0.15, -0.1) is 0 Å². The molecule has 96 valence electrons. The summed E-state index contributed by atoms with van der Waals surface area (Å²) in [5.41, 5.74) is 3.02. The van der Waals surface area contributed by atoms with Gasteiger partial charge in [-0.05, 0) is 37.3 Å². The minimum Gasteiger partial charge on any atom is -0.374 e. The van der Waals surface area contributed by atoms with Gasteiger partial charge in [-0.2, -0.15) is 0 Å². The number of hydrogen-bond donors (Lipinski definition) is 0. The monoisotopic (exact) mass is 297 g/mol. The molecule has 17 heavy (non-hydrogen) atoms. The summed E-state index contributed by atoms with van der Waals surface area (Å²) in [6, 6.07) is 8.78. The van der Waals surface area contributed by atoms with E-state index < -0.39 is 0 Å². The van der Waals surface area contributed by atoms with Crippen LogP contribution < -0.4 is 4.90 Å². The highest BCUT2D eigenvalue weighted by molar-refractivity contribution is 9.09. The standard InChI is InChI=1S/C15H24BrN/c1-5-15(6-2,11-16)12-17(4)14-9-7-13(3)8-10-14/h7-10H,5-6,11-12H2,1-4H3. The summed E-state index contributed by atoms with van der Waals surface area (Å²) in [6.45, 7) is 7.81. The Morgan fingerprint density at radius 2 is 1.65 bits per heavy atom. The maximum Gasteiger partial charge on any atom is 0.0363 e. The molecule has 1 nitrogen and oxygen atoms in total. The highest BCUT2D eigenvalue weighted by Gasteiger charge is 2.26. The first-order valence-corrected chi connectivity index (χ1v) is 7.53. The van der Waals surface area contributed by atoms with Crippen LogP contribution >= 0.6 is 15.9 Å². The molecule has 0 unspecified atom stereocenters. The number of aryl methyl sites for hydroxylation is 1. The molecule has 1 aromatic rings. The highest BCUT2D eigenvalue weighted by Crippen LogP contribution is 2.31. The summed E-state index contributed by atoms with van der Waals surface area (Å²) in [4.78, 5) is 2.37. The molecule has 0 heterocycles. The molecule has 0 radical (unpaired) electrons. The van der Waals surface area contributed by atoms with E-state index in [1.807, 2.05) is 0 Å². The van der Waals surface area contributed by atoms with Gasteiger partial charge in [0.25, 0.3) is 0 Å². The Hall–Kier alpha value is -0.500. The minimum atomic E-state index is 0.389. The average molecular weight is 298 g/mol. The summed E-state index contributed by atoms with van der Waals surface area (Å²) in [7, 11) is 2.19. The second kappa shape index (κ2) is 6.44. The van der Waals surface area contributed by atoms with Crippen molar-refractivity contribution in [2.24, 2.45) is 5.41 Å². The highest BCUT2D eigenvalue weighted by atomic mass is 79.9. The van der Waals surface area contributed by atoms with Gasteiger partial charge in [0.05, 0.1) is 0 Å². The molecule has 0 saturated heterocycles. The molecule has 2 heteroatoms. The van der Waals surface area contributed by atoms with Crippen LogP contribution in [-0.4, -0.2) is 18.9 Å². The predicted octanol–water partition coefficient (Wildman–Crippen LogP) is 4.63. The van der Waals surface area contributed by atoms with E-state index in [9.17, 15) is 0 Å². The van der Waals surface area contributed by atoms with Crippen molar-refractivity contribution in [1.82, 2.24) is 0 Å². The minimum absolute atomic E-state index is 0.389. The van der Waals surface area contributed by atoms with Gasteiger partial charge < -0.3 is 4.90 Å². The average Bonchev–Trinajstić information content (AvgIpc) is 2.37. The van der Waals surface area contributed by atoms with Crippen LogP contribution in [0.3, 0.4) is 0 Å². The second-order valence-electron chi connectivity index (χ2n) is 5.03. The Kier molecular flexibility index (Phi) is 5.51. The zero-order valence-corrected chi connectivity index (χ0v) is 13.0. The van der Waals surface area contributed by atoms with Gasteiger partial charge in [0.1, 0.15) is 0 Å². The molecule has 0 saturated carbocycles. The first kappa shape index (κ1) is 14.6. The molecule has 0 atom stereocenters.